The smallest absolute Gasteiger partial charge is 0.230 e. The Morgan fingerprint density at radius 3 is 2.71 bits per heavy atom. The van der Waals surface area contributed by atoms with Crippen LogP contribution < -0.4 is 15.4 Å². The highest BCUT2D eigenvalue weighted by Gasteiger charge is 2.13. The fraction of sp³-hybridized carbons (Fsp3) is 0.150. The molecule has 3 rings (SSSR count). The number of hydrogen-bond acceptors (Lipinski definition) is 5. The van der Waals surface area contributed by atoms with Gasteiger partial charge < -0.3 is 15.4 Å². The number of carbonyl (C=O) groups is 2. The van der Waals surface area contributed by atoms with Crippen molar-refractivity contribution in [3.8, 4) is 17.0 Å². The molecule has 1 heterocycles. The van der Waals surface area contributed by atoms with Crippen molar-refractivity contribution < 1.29 is 18.7 Å². The molecule has 6 nitrogen and oxygen atoms in total. The zero-order valence-electron chi connectivity index (χ0n) is 15.3. The molecule has 144 valence electrons. The standard InChI is InChI=1S/C20H18FN3O3S/c1-12(25)22-14-6-7-16(17(21)10-14)18-11-28-20(23-18)24-19(26)9-13-4-3-5-15(8-13)27-2/h3-8,10-11H,9H2,1-2H3,(H,22,25)(H,23,24,26). The van der Waals surface area contributed by atoms with Gasteiger partial charge in [0.05, 0.1) is 19.2 Å². The van der Waals surface area contributed by atoms with E-state index < -0.39 is 5.82 Å². The highest BCUT2D eigenvalue weighted by molar-refractivity contribution is 7.14. The normalized spacial score (nSPS) is 10.4. The van der Waals surface area contributed by atoms with Crippen molar-refractivity contribution in [2.75, 3.05) is 17.7 Å². The van der Waals surface area contributed by atoms with Crippen LogP contribution in [-0.2, 0) is 16.0 Å². The van der Waals surface area contributed by atoms with Crippen molar-refractivity contribution in [2.45, 2.75) is 13.3 Å². The number of ether oxygens (including phenoxy) is 1. The van der Waals surface area contributed by atoms with Crippen LogP contribution in [0.15, 0.2) is 47.8 Å². The molecule has 0 spiro atoms. The van der Waals surface area contributed by atoms with Gasteiger partial charge in [-0.05, 0) is 35.9 Å². The van der Waals surface area contributed by atoms with E-state index in [2.05, 4.69) is 15.6 Å². The van der Waals surface area contributed by atoms with E-state index in [-0.39, 0.29) is 18.2 Å². The minimum Gasteiger partial charge on any atom is -0.497 e. The first-order chi connectivity index (χ1) is 13.4. The van der Waals surface area contributed by atoms with E-state index in [0.717, 1.165) is 5.56 Å². The summed E-state index contributed by atoms with van der Waals surface area (Å²) in [6.45, 7) is 1.35. The van der Waals surface area contributed by atoms with Crippen LogP contribution in [0.1, 0.15) is 12.5 Å². The maximum absolute atomic E-state index is 14.3. The molecule has 0 aliphatic heterocycles. The zero-order valence-corrected chi connectivity index (χ0v) is 16.1. The topological polar surface area (TPSA) is 80.3 Å². The summed E-state index contributed by atoms with van der Waals surface area (Å²) in [7, 11) is 1.57. The minimum absolute atomic E-state index is 0.173. The number of methoxy groups -OCH3 is 1. The van der Waals surface area contributed by atoms with Gasteiger partial charge in [-0.2, -0.15) is 0 Å². The summed E-state index contributed by atoms with van der Waals surface area (Å²) in [6.07, 6.45) is 0.173. The quantitative estimate of drug-likeness (QED) is 0.654. The number of amides is 2. The molecular weight excluding hydrogens is 381 g/mol. The summed E-state index contributed by atoms with van der Waals surface area (Å²) < 4.78 is 19.5. The zero-order chi connectivity index (χ0) is 20.1. The number of halogens is 1. The number of carbonyl (C=O) groups excluding carboxylic acids is 2. The van der Waals surface area contributed by atoms with Gasteiger partial charge >= 0.3 is 0 Å². The fourth-order valence-corrected chi connectivity index (χ4v) is 3.32. The number of anilines is 2. The molecular formula is C20H18FN3O3S. The van der Waals surface area contributed by atoms with Crippen LogP contribution in [0.4, 0.5) is 15.2 Å². The molecule has 1 aromatic heterocycles. The number of hydrogen-bond donors (Lipinski definition) is 2. The number of benzene rings is 2. The number of thiazole rings is 1. The first-order valence-electron chi connectivity index (χ1n) is 8.40. The van der Waals surface area contributed by atoms with Gasteiger partial charge in [0.25, 0.3) is 0 Å². The third kappa shape index (κ3) is 4.92. The Morgan fingerprint density at radius 1 is 1.18 bits per heavy atom. The monoisotopic (exact) mass is 399 g/mol. The van der Waals surface area contributed by atoms with Crippen molar-refractivity contribution in [3.63, 3.8) is 0 Å². The first kappa shape index (κ1) is 19.5. The van der Waals surface area contributed by atoms with Crippen molar-refractivity contribution in [3.05, 3.63) is 59.2 Å². The van der Waals surface area contributed by atoms with Crippen molar-refractivity contribution in [2.24, 2.45) is 0 Å². The third-order valence-electron chi connectivity index (χ3n) is 3.81. The summed E-state index contributed by atoms with van der Waals surface area (Å²) in [5.74, 6) is -0.330. The number of aromatic nitrogens is 1. The molecule has 0 fully saturated rings. The van der Waals surface area contributed by atoms with Gasteiger partial charge in [-0.15, -0.1) is 11.3 Å². The summed E-state index contributed by atoms with van der Waals surface area (Å²) in [6, 6.07) is 11.6. The van der Waals surface area contributed by atoms with Crippen molar-refractivity contribution in [1.82, 2.24) is 4.98 Å². The SMILES string of the molecule is COc1cccc(CC(=O)Nc2nc(-c3ccc(NC(C)=O)cc3F)cs2)c1. The Morgan fingerprint density at radius 2 is 2.00 bits per heavy atom. The summed E-state index contributed by atoms with van der Waals surface area (Å²) in [4.78, 5) is 27.6. The van der Waals surface area contributed by atoms with Gasteiger partial charge in [0.2, 0.25) is 11.8 Å². The molecule has 0 radical (unpaired) electrons. The predicted molar refractivity (Wildman–Crippen MR) is 107 cm³/mol. The Bertz CT molecular complexity index is 1020. The van der Waals surface area contributed by atoms with Gasteiger partial charge in [0.1, 0.15) is 11.6 Å². The lowest BCUT2D eigenvalue weighted by Crippen LogP contribution is -2.14. The third-order valence-corrected chi connectivity index (χ3v) is 4.57. The van der Waals surface area contributed by atoms with E-state index in [9.17, 15) is 14.0 Å². The minimum atomic E-state index is -0.509. The van der Waals surface area contributed by atoms with E-state index in [1.54, 1.807) is 30.7 Å². The summed E-state index contributed by atoms with van der Waals surface area (Å²) in [5, 5.41) is 7.29. The molecule has 0 saturated heterocycles. The Hall–Kier alpha value is -3.26. The van der Waals surface area contributed by atoms with Crippen LogP contribution in [0.2, 0.25) is 0 Å². The van der Waals surface area contributed by atoms with Gasteiger partial charge in [0, 0.05) is 23.6 Å². The number of nitrogens with zero attached hydrogens (tertiary/aromatic N) is 1. The molecule has 8 heteroatoms. The molecule has 0 aliphatic carbocycles. The summed E-state index contributed by atoms with van der Waals surface area (Å²) in [5.41, 5.74) is 1.89. The second-order valence-corrected chi connectivity index (χ2v) is 6.85. The van der Waals surface area contributed by atoms with E-state index in [1.807, 2.05) is 12.1 Å². The van der Waals surface area contributed by atoms with Gasteiger partial charge in [-0.25, -0.2) is 9.37 Å². The first-order valence-corrected chi connectivity index (χ1v) is 9.28. The molecule has 0 atom stereocenters. The van der Waals surface area contributed by atoms with Gasteiger partial charge in [-0.3, -0.25) is 9.59 Å². The highest BCUT2D eigenvalue weighted by atomic mass is 32.1. The van der Waals surface area contributed by atoms with Crippen LogP contribution in [0, 0.1) is 5.82 Å². The molecule has 2 amide bonds. The molecule has 0 saturated carbocycles. The predicted octanol–water partition coefficient (Wildman–Crippen LogP) is 4.10. The molecule has 2 N–H and O–H groups in total. The van der Waals surface area contributed by atoms with E-state index >= 15 is 0 Å². The summed E-state index contributed by atoms with van der Waals surface area (Å²) >= 11 is 1.21. The van der Waals surface area contributed by atoms with Crippen LogP contribution in [0.5, 0.6) is 5.75 Å². The average Bonchev–Trinajstić information content (AvgIpc) is 3.09. The lowest BCUT2D eigenvalue weighted by molar-refractivity contribution is -0.116. The Kier molecular flexibility index (Phi) is 6.00. The lowest BCUT2D eigenvalue weighted by atomic mass is 10.1. The largest absolute Gasteiger partial charge is 0.497 e. The average molecular weight is 399 g/mol. The van der Waals surface area contributed by atoms with E-state index in [0.29, 0.717) is 27.8 Å². The lowest BCUT2D eigenvalue weighted by Gasteiger charge is -2.05. The van der Waals surface area contributed by atoms with Gasteiger partial charge in [-0.1, -0.05) is 12.1 Å². The van der Waals surface area contributed by atoms with E-state index in [4.69, 9.17) is 4.74 Å². The Labute approximate surface area is 165 Å². The second-order valence-electron chi connectivity index (χ2n) is 5.99. The molecule has 2 aromatic carbocycles. The maximum atomic E-state index is 14.3. The second kappa shape index (κ2) is 8.62. The van der Waals surface area contributed by atoms with Crippen LogP contribution >= 0.6 is 11.3 Å². The fourth-order valence-electron chi connectivity index (χ4n) is 2.59. The molecule has 0 aliphatic rings. The van der Waals surface area contributed by atoms with Crippen molar-refractivity contribution >= 4 is 34.0 Å². The van der Waals surface area contributed by atoms with Crippen LogP contribution in [0.25, 0.3) is 11.3 Å². The van der Waals surface area contributed by atoms with Crippen LogP contribution in [0.3, 0.4) is 0 Å². The van der Waals surface area contributed by atoms with E-state index in [1.165, 1.54) is 30.4 Å². The van der Waals surface area contributed by atoms with Crippen LogP contribution in [-0.4, -0.2) is 23.9 Å². The number of nitrogens with one attached hydrogen (secondary N) is 2. The van der Waals surface area contributed by atoms with Gasteiger partial charge in [0.15, 0.2) is 5.13 Å². The molecule has 0 bridgehead atoms. The molecule has 3 aromatic rings. The maximum Gasteiger partial charge on any atom is 0.230 e. The number of rotatable bonds is 6. The molecule has 28 heavy (non-hydrogen) atoms. The van der Waals surface area contributed by atoms with Crippen molar-refractivity contribution in [1.29, 1.82) is 0 Å². The highest BCUT2D eigenvalue weighted by Crippen LogP contribution is 2.28. The molecule has 0 unspecified atom stereocenters. The Balaban J connectivity index is 1.68.